The largest absolute Gasteiger partial charge is 0.448 e. The first-order valence-corrected chi connectivity index (χ1v) is 16.1. The van der Waals surface area contributed by atoms with Gasteiger partial charge in [-0.2, -0.15) is 0 Å². The van der Waals surface area contributed by atoms with Crippen LogP contribution in [0.5, 0.6) is 0 Å². The van der Waals surface area contributed by atoms with E-state index in [4.69, 9.17) is 9.47 Å². The molecule has 0 spiro atoms. The van der Waals surface area contributed by atoms with Crippen molar-refractivity contribution in [3.8, 4) is 22.6 Å². The Kier molecular flexibility index (Phi) is 6.56. The third kappa shape index (κ3) is 4.93. The number of hydrogen-bond acceptors (Lipinski definition) is 4. The quantitative estimate of drug-likeness (QED) is 0.436. The van der Waals surface area contributed by atoms with E-state index in [-0.39, 0.29) is 35.8 Å². The maximum Gasteiger partial charge on any atom is 0.410 e. The summed E-state index contributed by atoms with van der Waals surface area (Å²) in [5.41, 5.74) is 8.12. The zero-order chi connectivity index (χ0) is 24.6. The van der Waals surface area contributed by atoms with Crippen LogP contribution in [0.15, 0.2) is 48.5 Å². The molecule has 2 heterocycles. The second kappa shape index (κ2) is 9.64. The Morgan fingerprint density at radius 3 is 2.11 bits per heavy atom. The van der Waals surface area contributed by atoms with Gasteiger partial charge >= 0.3 is 6.09 Å². The molecule has 2 saturated heterocycles. The Morgan fingerprint density at radius 2 is 1.54 bits per heavy atom. The minimum absolute atomic E-state index is 0.0338. The van der Waals surface area contributed by atoms with Gasteiger partial charge in [-0.3, -0.25) is 9.69 Å². The summed E-state index contributed by atoms with van der Waals surface area (Å²) >= 11 is 0. The molecule has 5 rings (SSSR count). The van der Waals surface area contributed by atoms with Crippen LogP contribution in [-0.4, -0.2) is 56.8 Å². The smallest absolute Gasteiger partial charge is 0.410 e. The van der Waals surface area contributed by atoms with E-state index in [1.165, 1.54) is 22.3 Å². The fourth-order valence-corrected chi connectivity index (χ4v) is 6.30. The van der Waals surface area contributed by atoms with Gasteiger partial charge in [0.15, 0.2) is 0 Å². The summed E-state index contributed by atoms with van der Waals surface area (Å²) < 4.78 is 11.7. The van der Waals surface area contributed by atoms with Crippen LogP contribution in [0.1, 0.15) is 36.3 Å². The van der Waals surface area contributed by atoms with Gasteiger partial charge in [-0.15, -0.1) is 11.5 Å². The number of Topliss-reactive ketones (excluding diaryl/α,β-unsaturated/α-hetero) is 1. The van der Waals surface area contributed by atoms with Crippen LogP contribution in [0.4, 0.5) is 4.79 Å². The summed E-state index contributed by atoms with van der Waals surface area (Å²) in [6.45, 7) is 7.74. The minimum atomic E-state index is -1.49. The zero-order valence-corrected chi connectivity index (χ0v) is 21.8. The number of fused-ring (bicyclic) bond motifs is 5. The van der Waals surface area contributed by atoms with Gasteiger partial charge in [0.05, 0.1) is 31.7 Å². The first kappa shape index (κ1) is 23.8. The predicted molar refractivity (Wildman–Crippen MR) is 139 cm³/mol. The van der Waals surface area contributed by atoms with Crippen molar-refractivity contribution in [2.24, 2.45) is 5.92 Å². The van der Waals surface area contributed by atoms with E-state index >= 15 is 0 Å². The average Bonchev–Trinajstić information content (AvgIpc) is 3.14. The van der Waals surface area contributed by atoms with E-state index in [9.17, 15) is 9.59 Å². The summed E-state index contributed by atoms with van der Waals surface area (Å²) in [7, 11) is -1.49. The van der Waals surface area contributed by atoms with Crippen molar-refractivity contribution in [2.45, 2.75) is 56.9 Å². The third-order valence-electron chi connectivity index (χ3n) is 7.25. The fourth-order valence-electron chi connectivity index (χ4n) is 5.69. The number of nitrogens with zero attached hydrogens (tertiary/aromatic N) is 1. The molecule has 2 aromatic carbocycles. The monoisotopic (exact) mass is 487 g/mol. The van der Waals surface area contributed by atoms with E-state index < -0.39 is 8.07 Å². The lowest BCUT2D eigenvalue weighted by Gasteiger charge is -2.47. The highest BCUT2D eigenvalue weighted by Gasteiger charge is 2.44. The predicted octanol–water partition coefficient (Wildman–Crippen LogP) is 5.25. The van der Waals surface area contributed by atoms with Crippen molar-refractivity contribution in [1.82, 2.24) is 4.90 Å². The van der Waals surface area contributed by atoms with Crippen molar-refractivity contribution < 1.29 is 19.1 Å². The molecule has 182 valence electrons. The molecule has 1 aliphatic carbocycles. The van der Waals surface area contributed by atoms with Crippen molar-refractivity contribution >= 4 is 20.0 Å². The second-order valence-corrected chi connectivity index (χ2v) is 15.7. The lowest BCUT2D eigenvalue weighted by atomic mass is 9.82. The van der Waals surface area contributed by atoms with E-state index in [1.54, 1.807) is 0 Å². The molecule has 35 heavy (non-hydrogen) atoms. The molecule has 0 radical (unpaired) electrons. The van der Waals surface area contributed by atoms with Crippen molar-refractivity contribution in [1.29, 1.82) is 0 Å². The van der Waals surface area contributed by atoms with Crippen LogP contribution < -0.4 is 0 Å². The maximum absolute atomic E-state index is 13.3. The number of hydrogen-bond donors (Lipinski definition) is 0. The number of amides is 1. The summed E-state index contributed by atoms with van der Waals surface area (Å²) in [5, 5.41) is 0. The third-order valence-corrected chi connectivity index (χ3v) is 8.18. The van der Waals surface area contributed by atoms with Crippen LogP contribution in [0.25, 0.3) is 11.1 Å². The highest BCUT2D eigenvalue weighted by atomic mass is 28.3. The van der Waals surface area contributed by atoms with Crippen LogP contribution >= 0.6 is 0 Å². The maximum atomic E-state index is 13.3. The molecule has 2 bridgehead atoms. The molecule has 2 unspecified atom stereocenters. The van der Waals surface area contributed by atoms with Gasteiger partial charge in [0.25, 0.3) is 0 Å². The zero-order valence-electron chi connectivity index (χ0n) is 20.8. The van der Waals surface area contributed by atoms with E-state index in [0.29, 0.717) is 39.1 Å². The number of carbonyl (C=O) groups excluding carboxylic acids is 2. The fraction of sp³-hybridized carbons (Fsp3) is 0.448. The van der Waals surface area contributed by atoms with Crippen molar-refractivity contribution in [3.63, 3.8) is 0 Å². The Balaban J connectivity index is 1.25. The summed E-state index contributed by atoms with van der Waals surface area (Å²) in [4.78, 5) is 28.0. The molecule has 2 atom stereocenters. The van der Waals surface area contributed by atoms with E-state index in [0.717, 1.165) is 0 Å². The molecular weight excluding hydrogens is 454 g/mol. The van der Waals surface area contributed by atoms with Crippen LogP contribution in [0.3, 0.4) is 0 Å². The Bertz CT molecular complexity index is 1130. The number of benzene rings is 2. The number of ketones is 1. The standard InChI is InChI=1S/C29H33NO4Si/c1-35(2,3)14-8-13-28(31)20-15-21-17-33-18-22(16-20)30(21)29(32)34-19-27-25-11-6-4-9-23(25)24-10-5-7-12-26(24)27/h4-7,9-12,20-22,27H,13,15-19H2,1-3H3. The van der Waals surface area contributed by atoms with Gasteiger partial charge in [-0.1, -0.05) is 68.2 Å². The van der Waals surface area contributed by atoms with Crippen LogP contribution in [0, 0.1) is 17.4 Å². The Hall–Kier alpha value is -2.88. The lowest BCUT2D eigenvalue weighted by Crippen LogP contribution is -2.60. The number of ether oxygens (including phenoxy) is 2. The summed E-state index contributed by atoms with van der Waals surface area (Å²) in [6.07, 6.45) is 1.25. The van der Waals surface area contributed by atoms with Gasteiger partial charge in [0.1, 0.15) is 20.5 Å². The molecule has 5 nitrogen and oxygen atoms in total. The molecule has 0 saturated carbocycles. The van der Waals surface area contributed by atoms with Gasteiger partial charge in [0.2, 0.25) is 0 Å². The van der Waals surface area contributed by atoms with Gasteiger partial charge in [-0.05, 0) is 35.1 Å². The van der Waals surface area contributed by atoms with Gasteiger partial charge in [0, 0.05) is 11.8 Å². The molecule has 0 aromatic heterocycles. The van der Waals surface area contributed by atoms with E-state index in [2.05, 4.69) is 55.4 Å². The van der Waals surface area contributed by atoms with Crippen molar-refractivity contribution in [3.05, 3.63) is 59.7 Å². The number of morpholine rings is 1. The lowest BCUT2D eigenvalue weighted by molar-refractivity contribution is -0.130. The highest BCUT2D eigenvalue weighted by molar-refractivity contribution is 6.83. The first-order valence-electron chi connectivity index (χ1n) is 12.6. The number of carbonyl (C=O) groups is 2. The first-order chi connectivity index (χ1) is 16.8. The van der Waals surface area contributed by atoms with Gasteiger partial charge in [-0.25, -0.2) is 4.79 Å². The molecule has 6 heteroatoms. The average molecular weight is 488 g/mol. The SMILES string of the molecule is C[Si](C)(C)C#CCC(=O)C1CC2COCC(C1)N2C(=O)OCC1c2ccccc2-c2ccccc21. The molecule has 2 aliphatic heterocycles. The van der Waals surface area contributed by atoms with Crippen LogP contribution in [-0.2, 0) is 14.3 Å². The summed E-state index contributed by atoms with van der Waals surface area (Å²) in [5.74, 6) is 3.28. The highest BCUT2D eigenvalue weighted by Crippen LogP contribution is 2.44. The minimum Gasteiger partial charge on any atom is -0.448 e. The molecular formula is C29H33NO4Si. The molecule has 0 N–H and O–H groups in total. The number of piperidine rings is 1. The summed E-state index contributed by atoms with van der Waals surface area (Å²) in [6, 6.07) is 16.4. The second-order valence-electron chi connectivity index (χ2n) is 10.9. The molecule has 3 aliphatic rings. The topological polar surface area (TPSA) is 55.8 Å². The van der Waals surface area contributed by atoms with E-state index in [1.807, 2.05) is 29.2 Å². The van der Waals surface area contributed by atoms with Crippen molar-refractivity contribution in [2.75, 3.05) is 19.8 Å². The normalized spacial score (nSPS) is 23.1. The molecule has 2 aromatic rings. The van der Waals surface area contributed by atoms with Crippen LogP contribution in [0.2, 0.25) is 19.6 Å². The molecule has 1 amide bonds. The van der Waals surface area contributed by atoms with Gasteiger partial charge < -0.3 is 9.47 Å². The number of rotatable bonds is 4. The Labute approximate surface area is 208 Å². The Morgan fingerprint density at radius 1 is 0.971 bits per heavy atom. The molecule has 2 fully saturated rings.